The van der Waals surface area contributed by atoms with Crippen molar-refractivity contribution in [1.29, 1.82) is 0 Å². The Labute approximate surface area is 138 Å². The van der Waals surface area contributed by atoms with Gasteiger partial charge in [-0.1, -0.05) is 0 Å². The molecule has 0 aliphatic carbocycles. The zero-order valence-electron chi connectivity index (χ0n) is 12.6. The molecule has 2 aromatic rings. The Kier molecular flexibility index (Phi) is 4.87. The van der Waals surface area contributed by atoms with Crippen molar-refractivity contribution in [3.8, 4) is 0 Å². The van der Waals surface area contributed by atoms with E-state index in [0.717, 1.165) is 13.0 Å². The van der Waals surface area contributed by atoms with Crippen LogP contribution in [-0.2, 0) is 17.8 Å². The summed E-state index contributed by atoms with van der Waals surface area (Å²) in [7, 11) is 0. The van der Waals surface area contributed by atoms with Crippen molar-refractivity contribution in [1.82, 2.24) is 15.2 Å². The predicted octanol–water partition coefficient (Wildman–Crippen LogP) is 2.24. The van der Waals surface area contributed by atoms with E-state index in [0.29, 0.717) is 25.2 Å². The number of anilines is 1. The molecule has 2 N–H and O–H groups in total. The molecule has 0 saturated heterocycles. The number of thiophene rings is 1. The number of aromatic nitrogens is 1. The first kappa shape index (κ1) is 15.5. The Balaban J connectivity index is 1.40. The fourth-order valence-corrected chi connectivity index (χ4v) is 3.40. The summed E-state index contributed by atoms with van der Waals surface area (Å²) in [6, 6.07) is 5.18. The fraction of sp³-hybridized carbons (Fsp3) is 0.312. The third-order valence-electron chi connectivity index (χ3n) is 3.72. The maximum atomic E-state index is 12.2. The van der Waals surface area contributed by atoms with Gasteiger partial charge in [-0.25, -0.2) is 4.79 Å². The molecule has 0 fully saturated rings. The highest BCUT2D eigenvalue weighted by molar-refractivity contribution is 7.10. The summed E-state index contributed by atoms with van der Waals surface area (Å²) in [6.45, 7) is 1.76. The molecule has 2 aromatic heterocycles. The molecule has 0 saturated carbocycles. The lowest BCUT2D eigenvalue weighted by molar-refractivity contribution is -0.131. The van der Waals surface area contributed by atoms with E-state index in [1.54, 1.807) is 35.9 Å². The molecule has 0 radical (unpaired) electrons. The van der Waals surface area contributed by atoms with E-state index in [4.69, 9.17) is 0 Å². The molecule has 3 amide bonds. The molecular formula is C16H18N4O2S. The first-order valence-corrected chi connectivity index (χ1v) is 8.38. The monoisotopic (exact) mass is 330 g/mol. The van der Waals surface area contributed by atoms with Gasteiger partial charge in [-0.15, -0.1) is 11.3 Å². The van der Waals surface area contributed by atoms with Gasteiger partial charge >= 0.3 is 6.03 Å². The van der Waals surface area contributed by atoms with E-state index in [2.05, 4.69) is 27.1 Å². The summed E-state index contributed by atoms with van der Waals surface area (Å²) < 4.78 is 0. The first-order chi connectivity index (χ1) is 11.2. The predicted molar refractivity (Wildman–Crippen MR) is 89.3 cm³/mol. The highest BCUT2D eigenvalue weighted by Crippen LogP contribution is 2.24. The molecule has 3 heterocycles. The van der Waals surface area contributed by atoms with Crippen LogP contribution in [0.25, 0.3) is 0 Å². The van der Waals surface area contributed by atoms with Crippen LogP contribution in [0.1, 0.15) is 16.9 Å². The molecule has 23 heavy (non-hydrogen) atoms. The Bertz CT molecular complexity index is 686. The quantitative estimate of drug-likeness (QED) is 0.903. The zero-order valence-corrected chi connectivity index (χ0v) is 13.4. The molecule has 0 unspecified atom stereocenters. The number of pyridine rings is 1. The standard InChI is InChI=1S/C16H18N4O2S/c21-15(20-9-4-14-12(11-20)5-10-23-14)3-8-18-16(22)19-13-1-6-17-7-2-13/h1-2,5-7,10H,3-4,8-9,11H2,(H2,17,18,19,22). The number of carbonyl (C=O) groups is 2. The smallest absolute Gasteiger partial charge is 0.319 e. The van der Waals surface area contributed by atoms with E-state index in [-0.39, 0.29) is 11.9 Å². The zero-order chi connectivity index (χ0) is 16.1. The fourth-order valence-electron chi connectivity index (χ4n) is 2.51. The highest BCUT2D eigenvalue weighted by Gasteiger charge is 2.21. The third-order valence-corrected chi connectivity index (χ3v) is 4.75. The van der Waals surface area contributed by atoms with Crippen LogP contribution >= 0.6 is 11.3 Å². The number of amides is 3. The van der Waals surface area contributed by atoms with E-state index in [9.17, 15) is 9.59 Å². The minimum absolute atomic E-state index is 0.0751. The third kappa shape index (κ3) is 4.07. The van der Waals surface area contributed by atoms with Crippen molar-refractivity contribution in [2.45, 2.75) is 19.4 Å². The second-order valence-corrected chi connectivity index (χ2v) is 6.30. The Hall–Kier alpha value is -2.41. The van der Waals surface area contributed by atoms with Gasteiger partial charge in [-0.05, 0) is 35.6 Å². The molecule has 0 spiro atoms. The number of urea groups is 1. The van der Waals surface area contributed by atoms with Crippen LogP contribution in [0.2, 0.25) is 0 Å². The number of rotatable bonds is 4. The number of nitrogens with zero attached hydrogens (tertiary/aromatic N) is 2. The number of carbonyl (C=O) groups excluding carboxylic acids is 2. The van der Waals surface area contributed by atoms with Crippen molar-refractivity contribution in [2.75, 3.05) is 18.4 Å². The Morgan fingerprint density at radius 2 is 2.09 bits per heavy atom. The average molecular weight is 330 g/mol. The second kappa shape index (κ2) is 7.23. The van der Waals surface area contributed by atoms with Crippen LogP contribution in [0.5, 0.6) is 0 Å². The molecule has 120 valence electrons. The lowest BCUT2D eigenvalue weighted by atomic mass is 10.1. The minimum Gasteiger partial charge on any atom is -0.338 e. The number of fused-ring (bicyclic) bond motifs is 1. The summed E-state index contributed by atoms with van der Waals surface area (Å²) in [6.07, 6.45) is 4.44. The molecular weight excluding hydrogens is 312 g/mol. The van der Waals surface area contributed by atoms with Gasteiger partial charge in [-0.3, -0.25) is 9.78 Å². The molecule has 7 heteroatoms. The Morgan fingerprint density at radius 3 is 2.91 bits per heavy atom. The minimum atomic E-state index is -0.317. The summed E-state index contributed by atoms with van der Waals surface area (Å²) >= 11 is 1.75. The van der Waals surface area contributed by atoms with Gasteiger partial charge in [-0.2, -0.15) is 0 Å². The summed E-state index contributed by atoms with van der Waals surface area (Å²) in [5, 5.41) is 7.46. The first-order valence-electron chi connectivity index (χ1n) is 7.50. The lowest BCUT2D eigenvalue weighted by Gasteiger charge is -2.27. The maximum Gasteiger partial charge on any atom is 0.319 e. The van der Waals surface area contributed by atoms with Crippen molar-refractivity contribution in [3.63, 3.8) is 0 Å². The van der Waals surface area contributed by atoms with Gasteiger partial charge < -0.3 is 15.5 Å². The van der Waals surface area contributed by atoms with Crippen LogP contribution < -0.4 is 10.6 Å². The van der Waals surface area contributed by atoms with E-state index < -0.39 is 0 Å². The topological polar surface area (TPSA) is 74.3 Å². The maximum absolute atomic E-state index is 12.2. The van der Waals surface area contributed by atoms with Gasteiger partial charge in [0.25, 0.3) is 0 Å². The second-order valence-electron chi connectivity index (χ2n) is 5.30. The molecule has 1 aliphatic rings. The average Bonchev–Trinajstić information content (AvgIpc) is 3.03. The number of nitrogens with one attached hydrogen (secondary N) is 2. The molecule has 0 atom stereocenters. The molecule has 1 aliphatic heterocycles. The molecule has 0 aromatic carbocycles. The number of hydrogen-bond acceptors (Lipinski definition) is 4. The van der Waals surface area contributed by atoms with E-state index >= 15 is 0 Å². The highest BCUT2D eigenvalue weighted by atomic mass is 32.1. The largest absolute Gasteiger partial charge is 0.338 e. The van der Waals surface area contributed by atoms with Gasteiger partial charge in [0, 0.05) is 49.0 Å². The van der Waals surface area contributed by atoms with Gasteiger partial charge in [0.2, 0.25) is 5.91 Å². The SMILES string of the molecule is O=C(NCCC(=O)N1CCc2sccc2C1)Nc1ccncc1. The number of hydrogen-bond donors (Lipinski definition) is 2. The summed E-state index contributed by atoms with van der Waals surface area (Å²) in [5.41, 5.74) is 1.92. The van der Waals surface area contributed by atoms with Gasteiger partial charge in [0.05, 0.1) is 0 Å². The van der Waals surface area contributed by atoms with Crippen LogP contribution in [0.15, 0.2) is 36.0 Å². The van der Waals surface area contributed by atoms with Crippen LogP contribution in [-0.4, -0.2) is 34.9 Å². The van der Waals surface area contributed by atoms with E-state index in [1.165, 1.54) is 10.4 Å². The van der Waals surface area contributed by atoms with Crippen molar-refractivity contribution in [3.05, 3.63) is 46.4 Å². The summed E-state index contributed by atoms with van der Waals surface area (Å²) in [4.78, 5) is 31.1. The molecule has 3 rings (SSSR count). The van der Waals surface area contributed by atoms with Crippen molar-refractivity contribution >= 4 is 29.0 Å². The van der Waals surface area contributed by atoms with Crippen LogP contribution in [0.4, 0.5) is 10.5 Å². The lowest BCUT2D eigenvalue weighted by Crippen LogP contribution is -2.38. The molecule has 6 nitrogen and oxygen atoms in total. The summed E-state index contributed by atoms with van der Waals surface area (Å²) in [5.74, 6) is 0.0751. The van der Waals surface area contributed by atoms with E-state index in [1.807, 2.05) is 4.90 Å². The Morgan fingerprint density at radius 1 is 1.26 bits per heavy atom. The van der Waals surface area contributed by atoms with Crippen LogP contribution in [0, 0.1) is 0 Å². The van der Waals surface area contributed by atoms with Crippen molar-refractivity contribution in [2.24, 2.45) is 0 Å². The molecule has 0 bridgehead atoms. The van der Waals surface area contributed by atoms with Gasteiger partial charge in [0.15, 0.2) is 0 Å². The normalized spacial score (nSPS) is 13.3. The van der Waals surface area contributed by atoms with Gasteiger partial charge in [0.1, 0.15) is 0 Å². The van der Waals surface area contributed by atoms with Crippen molar-refractivity contribution < 1.29 is 9.59 Å². The van der Waals surface area contributed by atoms with Crippen LogP contribution in [0.3, 0.4) is 0 Å².